The van der Waals surface area contributed by atoms with Crippen LogP contribution in [0, 0.1) is 5.92 Å². The maximum Gasteiger partial charge on any atom is 0.338 e. The molecule has 26 heavy (non-hydrogen) atoms. The van der Waals surface area contributed by atoms with Crippen LogP contribution in [0.25, 0.3) is 0 Å². The number of anilines is 1. The number of ether oxygens (including phenoxy) is 2. The van der Waals surface area contributed by atoms with Crippen LogP contribution in [-0.2, 0) is 19.1 Å². The van der Waals surface area contributed by atoms with E-state index in [9.17, 15) is 14.4 Å². The average Bonchev–Trinajstić information content (AvgIpc) is 3.26. The Hall–Kier alpha value is -2.41. The van der Waals surface area contributed by atoms with Gasteiger partial charge in [0.1, 0.15) is 0 Å². The summed E-state index contributed by atoms with van der Waals surface area (Å²) in [5.74, 6) is -0.944. The van der Waals surface area contributed by atoms with Crippen LogP contribution in [0.2, 0.25) is 0 Å². The highest BCUT2D eigenvalue weighted by atomic mass is 16.5. The van der Waals surface area contributed by atoms with E-state index in [0.717, 1.165) is 19.4 Å². The van der Waals surface area contributed by atoms with Gasteiger partial charge in [0.15, 0.2) is 0 Å². The van der Waals surface area contributed by atoms with Crippen LogP contribution in [0.15, 0.2) is 24.3 Å². The molecule has 1 N–H and O–H groups in total. The molecule has 0 bridgehead atoms. The summed E-state index contributed by atoms with van der Waals surface area (Å²) in [6.45, 7) is 3.80. The summed E-state index contributed by atoms with van der Waals surface area (Å²) < 4.78 is 10.5. The summed E-state index contributed by atoms with van der Waals surface area (Å²) in [7, 11) is 0. The van der Waals surface area contributed by atoms with Crippen molar-refractivity contribution in [2.75, 3.05) is 31.6 Å². The molecule has 0 aromatic heterocycles. The lowest BCUT2D eigenvalue weighted by molar-refractivity contribution is -0.129. The Labute approximate surface area is 152 Å². The lowest BCUT2D eigenvalue weighted by Crippen LogP contribution is -2.34. The molecule has 2 unspecified atom stereocenters. The van der Waals surface area contributed by atoms with Gasteiger partial charge in [0.25, 0.3) is 0 Å². The summed E-state index contributed by atoms with van der Waals surface area (Å²) >= 11 is 0. The first-order valence-electron chi connectivity index (χ1n) is 9.04. The molecule has 1 aromatic carbocycles. The first-order chi connectivity index (χ1) is 12.6. The minimum Gasteiger partial charge on any atom is -0.462 e. The van der Waals surface area contributed by atoms with Crippen molar-refractivity contribution in [3.8, 4) is 0 Å². The summed E-state index contributed by atoms with van der Waals surface area (Å²) in [5, 5.41) is 2.82. The van der Waals surface area contributed by atoms with Crippen molar-refractivity contribution in [2.24, 2.45) is 5.92 Å². The van der Waals surface area contributed by atoms with E-state index in [1.807, 2.05) is 0 Å². The number of carbonyl (C=O) groups excluding carboxylic acids is 3. The minimum absolute atomic E-state index is 0.00157. The smallest absolute Gasteiger partial charge is 0.338 e. The molecule has 2 saturated heterocycles. The number of benzene rings is 1. The predicted octanol–water partition coefficient (Wildman–Crippen LogP) is 1.83. The van der Waals surface area contributed by atoms with Gasteiger partial charge in [-0.1, -0.05) is 0 Å². The summed E-state index contributed by atoms with van der Waals surface area (Å²) in [6, 6.07) is 6.53. The molecule has 2 fully saturated rings. The van der Waals surface area contributed by atoms with E-state index in [1.54, 1.807) is 36.1 Å². The normalized spacial score (nSPS) is 22.5. The molecule has 2 atom stereocenters. The average molecular weight is 360 g/mol. The topological polar surface area (TPSA) is 84.9 Å². The van der Waals surface area contributed by atoms with Crippen LogP contribution in [0.4, 0.5) is 5.69 Å². The molecule has 0 saturated carbocycles. The second-order valence-electron chi connectivity index (χ2n) is 6.62. The molecule has 1 aromatic rings. The Morgan fingerprint density at radius 3 is 2.73 bits per heavy atom. The monoisotopic (exact) mass is 360 g/mol. The molecule has 0 radical (unpaired) electrons. The fraction of sp³-hybridized carbons (Fsp3) is 0.526. The van der Waals surface area contributed by atoms with Gasteiger partial charge in [-0.3, -0.25) is 9.59 Å². The molecule has 0 spiro atoms. The number of esters is 1. The lowest BCUT2D eigenvalue weighted by Gasteiger charge is -2.20. The molecule has 0 aliphatic carbocycles. The largest absolute Gasteiger partial charge is 0.462 e. The van der Waals surface area contributed by atoms with E-state index in [-0.39, 0.29) is 30.3 Å². The number of rotatable bonds is 6. The fourth-order valence-electron chi connectivity index (χ4n) is 3.31. The zero-order chi connectivity index (χ0) is 18.5. The molecule has 7 heteroatoms. The lowest BCUT2D eigenvalue weighted by atomic mass is 10.1. The predicted molar refractivity (Wildman–Crippen MR) is 94.7 cm³/mol. The maximum absolute atomic E-state index is 12.5. The van der Waals surface area contributed by atoms with Gasteiger partial charge < -0.3 is 19.7 Å². The van der Waals surface area contributed by atoms with E-state index in [4.69, 9.17) is 9.47 Å². The Kier molecular flexibility index (Phi) is 5.88. The van der Waals surface area contributed by atoms with Gasteiger partial charge in [-0.2, -0.15) is 0 Å². The van der Waals surface area contributed by atoms with Gasteiger partial charge in [0, 0.05) is 31.8 Å². The van der Waals surface area contributed by atoms with Gasteiger partial charge in [0.05, 0.1) is 24.2 Å². The van der Waals surface area contributed by atoms with Crippen LogP contribution in [-0.4, -0.2) is 55.1 Å². The van der Waals surface area contributed by atoms with Crippen LogP contribution in [0.3, 0.4) is 0 Å². The number of carbonyl (C=O) groups is 3. The quantitative estimate of drug-likeness (QED) is 0.783. The number of amides is 2. The van der Waals surface area contributed by atoms with Crippen molar-refractivity contribution < 1.29 is 23.9 Å². The number of hydrogen-bond acceptors (Lipinski definition) is 5. The third-order valence-electron chi connectivity index (χ3n) is 4.70. The Balaban J connectivity index is 1.53. The van der Waals surface area contributed by atoms with Crippen molar-refractivity contribution in [3.63, 3.8) is 0 Å². The fourth-order valence-corrected chi connectivity index (χ4v) is 3.31. The molecule has 2 amide bonds. The molecule has 140 valence electrons. The van der Waals surface area contributed by atoms with Gasteiger partial charge in [-0.05, 0) is 44.0 Å². The molecule has 3 rings (SSSR count). The maximum atomic E-state index is 12.5. The number of nitrogens with zero attached hydrogens (tertiary/aromatic N) is 1. The van der Waals surface area contributed by atoms with Crippen molar-refractivity contribution in [1.82, 2.24) is 4.90 Å². The SMILES string of the molecule is CCOC(=O)c1ccc(NC(=O)C2CC(=O)N(CC3CCCO3)C2)cc1. The molecule has 2 aliphatic rings. The minimum atomic E-state index is -0.392. The van der Waals surface area contributed by atoms with Gasteiger partial charge in [0.2, 0.25) is 11.8 Å². The number of hydrogen-bond donors (Lipinski definition) is 1. The highest BCUT2D eigenvalue weighted by Crippen LogP contribution is 2.23. The zero-order valence-electron chi connectivity index (χ0n) is 14.9. The molecule has 2 heterocycles. The van der Waals surface area contributed by atoms with Crippen LogP contribution in [0.5, 0.6) is 0 Å². The first-order valence-corrected chi connectivity index (χ1v) is 9.04. The third-order valence-corrected chi connectivity index (χ3v) is 4.70. The second-order valence-corrected chi connectivity index (χ2v) is 6.62. The van der Waals surface area contributed by atoms with E-state index in [1.165, 1.54) is 0 Å². The first kappa shape index (κ1) is 18.4. The Morgan fingerprint density at radius 1 is 1.31 bits per heavy atom. The highest BCUT2D eigenvalue weighted by Gasteiger charge is 2.36. The van der Waals surface area contributed by atoms with E-state index in [2.05, 4.69) is 5.32 Å². The van der Waals surface area contributed by atoms with Gasteiger partial charge >= 0.3 is 5.97 Å². The van der Waals surface area contributed by atoms with Crippen molar-refractivity contribution in [1.29, 1.82) is 0 Å². The highest BCUT2D eigenvalue weighted by molar-refractivity contribution is 5.97. The van der Waals surface area contributed by atoms with Gasteiger partial charge in [-0.25, -0.2) is 4.79 Å². The Morgan fingerprint density at radius 2 is 2.08 bits per heavy atom. The molecular formula is C19H24N2O5. The number of nitrogens with one attached hydrogen (secondary N) is 1. The second kappa shape index (κ2) is 8.31. The third kappa shape index (κ3) is 4.40. The standard InChI is InChI=1S/C19H24N2O5/c1-2-25-19(24)13-5-7-15(8-6-13)20-18(23)14-10-17(22)21(11-14)12-16-4-3-9-26-16/h5-8,14,16H,2-4,9-12H2,1H3,(H,20,23). The van der Waals surface area contributed by atoms with E-state index >= 15 is 0 Å². The zero-order valence-corrected chi connectivity index (χ0v) is 14.9. The van der Waals surface area contributed by atoms with Crippen LogP contribution >= 0.6 is 0 Å². The van der Waals surface area contributed by atoms with Crippen LogP contribution in [0.1, 0.15) is 36.5 Å². The summed E-state index contributed by atoms with van der Waals surface area (Å²) in [4.78, 5) is 38.0. The molecular weight excluding hydrogens is 336 g/mol. The van der Waals surface area contributed by atoms with Crippen molar-refractivity contribution in [3.05, 3.63) is 29.8 Å². The Bertz CT molecular complexity index is 667. The summed E-state index contributed by atoms with van der Waals surface area (Å²) in [6.07, 6.45) is 2.31. The van der Waals surface area contributed by atoms with E-state index < -0.39 is 5.97 Å². The van der Waals surface area contributed by atoms with Crippen LogP contribution < -0.4 is 5.32 Å². The van der Waals surface area contributed by atoms with Gasteiger partial charge in [-0.15, -0.1) is 0 Å². The summed E-state index contributed by atoms with van der Waals surface area (Å²) in [5.41, 5.74) is 1.02. The van der Waals surface area contributed by atoms with E-state index in [0.29, 0.717) is 30.9 Å². The molecule has 2 aliphatic heterocycles. The molecule has 7 nitrogen and oxygen atoms in total. The van der Waals surface area contributed by atoms with Crippen molar-refractivity contribution in [2.45, 2.75) is 32.3 Å². The van der Waals surface area contributed by atoms with Crippen molar-refractivity contribution >= 4 is 23.5 Å². The number of likely N-dealkylation sites (tertiary alicyclic amines) is 1.